The van der Waals surface area contributed by atoms with Crippen molar-refractivity contribution in [3.8, 4) is 11.5 Å². The highest BCUT2D eigenvalue weighted by Crippen LogP contribution is 2.35. The van der Waals surface area contributed by atoms with Crippen LogP contribution in [0.5, 0.6) is 11.5 Å². The van der Waals surface area contributed by atoms with E-state index in [1.807, 2.05) is 13.8 Å². The molecule has 0 aromatic heterocycles. The second-order valence-electron chi connectivity index (χ2n) is 13.2. The van der Waals surface area contributed by atoms with Crippen LogP contribution >= 0.6 is 0 Å². The van der Waals surface area contributed by atoms with Crippen LogP contribution in [-0.4, -0.2) is 52.8 Å². The van der Waals surface area contributed by atoms with Crippen LogP contribution in [0, 0.1) is 5.41 Å². The second-order valence-corrected chi connectivity index (χ2v) is 13.2. The molecule has 3 aromatic carbocycles. The zero-order valence-corrected chi connectivity index (χ0v) is 28.8. The molecule has 12 heteroatoms. The van der Waals surface area contributed by atoms with E-state index in [-0.39, 0.29) is 37.6 Å². The molecule has 0 unspecified atom stereocenters. The van der Waals surface area contributed by atoms with Crippen LogP contribution in [0.2, 0.25) is 0 Å². The molecule has 0 saturated heterocycles. The molecule has 0 atom stereocenters. The Morgan fingerprint density at radius 2 is 1.54 bits per heavy atom. The third-order valence-electron chi connectivity index (χ3n) is 6.19. The summed E-state index contributed by atoms with van der Waals surface area (Å²) < 4.78 is 22.5. The van der Waals surface area contributed by atoms with Gasteiger partial charge < -0.3 is 34.7 Å². The van der Waals surface area contributed by atoms with Gasteiger partial charge in [-0.2, -0.15) is 0 Å². The van der Waals surface area contributed by atoms with Crippen LogP contribution in [0.1, 0.15) is 82.4 Å². The Bertz CT molecular complexity index is 1610. The second kappa shape index (κ2) is 16.1. The smallest absolute Gasteiger partial charge is 0.413 e. The number of alkyl carbamates (subject to hydrolysis) is 1. The molecule has 0 heterocycles. The molecule has 48 heavy (non-hydrogen) atoms. The van der Waals surface area contributed by atoms with Crippen molar-refractivity contribution in [2.24, 2.45) is 0 Å². The molecule has 0 aliphatic heterocycles. The van der Waals surface area contributed by atoms with E-state index in [0.29, 0.717) is 45.1 Å². The first kappa shape index (κ1) is 37.4. The van der Waals surface area contributed by atoms with E-state index in [2.05, 4.69) is 16.0 Å². The molecule has 0 radical (unpaired) electrons. The lowest BCUT2D eigenvalue weighted by Gasteiger charge is -2.22. The van der Waals surface area contributed by atoms with E-state index in [1.165, 1.54) is 0 Å². The fourth-order valence-electron chi connectivity index (χ4n) is 4.38. The summed E-state index contributed by atoms with van der Waals surface area (Å²) in [4.78, 5) is 37.9. The summed E-state index contributed by atoms with van der Waals surface area (Å²) >= 11 is 0. The number of ether oxygens (including phenoxy) is 4. The zero-order chi connectivity index (χ0) is 35.6. The van der Waals surface area contributed by atoms with E-state index in [9.17, 15) is 19.5 Å². The Balaban J connectivity index is 1.78. The van der Waals surface area contributed by atoms with Crippen LogP contribution in [0.25, 0.3) is 0 Å². The Morgan fingerprint density at radius 3 is 2.15 bits per heavy atom. The number of benzene rings is 3. The maximum atomic E-state index is 13.4. The Labute approximate surface area is 281 Å². The molecule has 12 nitrogen and oxygen atoms in total. The minimum Gasteiger partial charge on any atom is -0.487 e. The highest BCUT2D eigenvalue weighted by molar-refractivity contribution is 6.08. The Hall–Kier alpha value is -5.10. The highest BCUT2D eigenvalue weighted by atomic mass is 16.6. The van der Waals surface area contributed by atoms with Crippen molar-refractivity contribution in [2.75, 3.05) is 17.2 Å². The predicted octanol–water partition coefficient (Wildman–Crippen LogP) is 6.40. The maximum Gasteiger partial charge on any atom is 0.413 e. The fraction of sp³-hybridized carbons (Fsp3) is 0.389. The van der Waals surface area contributed by atoms with E-state index in [1.54, 1.807) is 102 Å². The van der Waals surface area contributed by atoms with Gasteiger partial charge in [-0.3, -0.25) is 15.5 Å². The van der Waals surface area contributed by atoms with Crippen molar-refractivity contribution < 1.29 is 38.4 Å². The topological polar surface area (TPSA) is 168 Å². The Morgan fingerprint density at radius 1 is 0.896 bits per heavy atom. The predicted molar refractivity (Wildman–Crippen MR) is 184 cm³/mol. The lowest BCUT2D eigenvalue weighted by Crippen LogP contribution is -2.36. The molecule has 0 spiro atoms. The van der Waals surface area contributed by atoms with Gasteiger partial charge in [0.15, 0.2) is 18.1 Å². The molecule has 0 aliphatic carbocycles. The third-order valence-corrected chi connectivity index (χ3v) is 6.19. The van der Waals surface area contributed by atoms with Crippen LogP contribution in [0.3, 0.4) is 0 Å². The quantitative estimate of drug-likeness (QED) is 0.0837. The van der Waals surface area contributed by atoms with Crippen molar-refractivity contribution in [3.63, 3.8) is 0 Å². The maximum absolute atomic E-state index is 13.4. The Kier molecular flexibility index (Phi) is 12.6. The van der Waals surface area contributed by atoms with Gasteiger partial charge in [0, 0.05) is 29.0 Å². The van der Waals surface area contributed by atoms with Crippen molar-refractivity contribution in [1.82, 2.24) is 5.32 Å². The van der Waals surface area contributed by atoms with Crippen molar-refractivity contribution >= 4 is 35.2 Å². The minimum absolute atomic E-state index is 0.140. The number of amidine groups is 1. The molecular weight excluding hydrogens is 616 g/mol. The van der Waals surface area contributed by atoms with Crippen molar-refractivity contribution in [1.29, 1.82) is 5.41 Å². The highest BCUT2D eigenvalue weighted by Gasteiger charge is 2.21. The molecule has 0 aliphatic rings. The molecule has 3 aromatic rings. The van der Waals surface area contributed by atoms with Gasteiger partial charge in [-0.25, -0.2) is 9.59 Å². The number of esters is 1. The molecule has 2 amide bonds. The first-order valence-electron chi connectivity index (χ1n) is 15.6. The first-order chi connectivity index (χ1) is 22.4. The summed E-state index contributed by atoms with van der Waals surface area (Å²) in [6, 6.07) is 16.8. The van der Waals surface area contributed by atoms with Crippen LogP contribution in [-0.2, 0) is 27.4 Å². The fourth-order valence-corrected chi connectivity index (χ4v) is 4.38. The molecule has 258 valence electrons. The van der Waals surface area contributed by atoms with E-state index in [0.717, 1.165) is 0 Å². The van der Waals surface area contributed by atoms with Gasteiger partial charge in [-0.05, 0) is 109 Å². The summed E-state index contributed by atoms with van der Waals surface area (Å²) in [7, 11) is 0. The number of carbonyl (C=O) groups excluding carboxylic acids is 3. The lowest BCUT2D eigenvalue weighted by atomic mass is 10.1. The molecule has 3 rings (SSSR count). The SMILES string of the molecule is CC(C)Oc1cc(CO)cc(CNc2ccccc2C(=O)Nc2ccc(C(=N)NC(=O)OC(C)(C)C)cc2)c1OCC(=O)OC(C)(C)C. The number of anilines is 2. The van der Waals surface area contributed by atoms with Crippen LogP contribution < -0.4 is 25.4 Å². The van der Waals surface area contributed by atoms with E-state index in [4.69, 9.17) is 24.4 Å². The van der Waals surface area contributed by atoms with Gasteiger partial charge >= 0.3 is 12.1 Å². The van der Waals surface area contributed by atoms with Crippen molar-refractivity contribution in [2.45, 2.75) is 85.8 Å². The molecule has 0 bridgehead atoms. The third kappa shape index (κ3) is 11.9. The number of aliphatic hydroxyl groups excluding tert-OH is 1. The first-order valence-corrected chi connectivity index (χ1v) is 15.6. The standard InChI is InChI=1S/C36H46N4O8/c1-22(2)46-29-18-23(20-41)17-25(31(29)45-21-30(42)47-35(3,4)5)19-38-28-12-10-9-11-27(28)33(43)39-26-15-13-24(14-16-26)32(37)40-34(44)48-36(6,7)8/h9-18,22,38,41H,19-21H2,1-8H3,(H,39,43)(H2,37,40,44). The van der Waals surface area contributed by atoms with Gasteiger partial charge in [0.1, 0.15) is 17.0 Å². The van der Waals surface area contributed by atoms with Crippen LogP contribution in [0.4, 0.5) is 16.2 Å². The molecule has 0 saturated carbocycles. The van der Waals surface area contributed by atoms with Gasteiger partial charge in [-0.15, -0.1) is 0 Å². The molecule has 5 N–H and O–H groups in total. The molecular formula is C36H46N4O8. The van der Waals surface area contributed by atoms with Gasteiger partial charge in [0.25, 0.3) is 5.91 Å². The van der Waals surface area contributed by atoms with E-state index < -0.39 is 23.3 Å². The number of nitrogens with one attached hydrogen (secondary N) is 4. The average Bonchev–Trinajstić information content (AvgIpc) is 2.97. The summed E-state index contributed by atoms with van der Waals surface area (Å²) in [5, 5.41) is 26.6. The lowest BCUT2D eigenvalue weighted by molar-refractivity contribution is -0.157. The van der Waals surface area contributed by atoms with Crippen LogP contribution in [0.15, 0.2) is 60.7 Å². The number of aliphatic hydroxyl groups is 1. The number of hydrogen-bond acceptors (Lipinski definition) is 10. The largest absolute Gasteiger partial charge is 0.487 e. The number of para-hydroxylation sites is 1. The minimum atomic E-state index is -0.734. The van der Waals surface area contributed by atoms with E-state index >= 15 is 0 Å². The van der Waals surface area contributed by atoms with Crippen molar-refractivity contribution in [3.05, 3.63) is 82.9 Å². The monoisotopic (exact) mass is 662 g/mol. The number of hydrogen-bond donors (Lipinski definition) is 5. The number of amides is 2. The zero-order valence-electron chi connectivity index (χ0n) is 28.8. The summed E-state index contributed by atoms with van der Waals surface area (Å²) in [5.74, 6) is -0.399. The summed E-state index contributed by atoms with van der Waals surface area (Å²) in [6.07, 6.45) is -0.948. The number of carbonyl (C=O) groups is 3. The van der Waals surface area contributed by atoms with Gasteiger partial charge in [0.05, 0.1) is 18.3 Å². The average molecular weight is 663 g/mol. The summed E-state index contributed by atoms with van der Waals surface area (Å²) in [6.45, 7) is 13.8. The van der Waals surface area contributed by atoms with Gasteiger partial charge in [-0.1, -0.05) is 12.1 Å². The summed E-state index contributed by atoms with van der Waals surface area (Å²) in [5.41, 5.74) is 1.57. The molecule has 0 fully saturated rings. The van der Waals surface area contributed by atoms with Gasteiger partial charge in [0.2, 0.25) is 0 Å². The number of rotatable bonds is 12. The normalized spacial score (nSPS) is 11.4.